The summed E-state index contributed by atoms with van der Waals surface area (Å²) < 4.78 is 5.86. The van der Waals surface area contributed by atoms with Crippen molar-refractivity contribution >= 4 is 0 Å². The third-order valence-corrected chi connectivity index (χ3v) is 7.08. The average molecular weight is 475 g/mol. The van der Waals surface area contributed by atoms with Crippen molar-refractivity contribution in [1.29, 1.82) is 0 Å². The maximum absolute atomic E-state index is 5.86. The van der Waals surface area contributed by atoms with Gasteiger partial charge in [0.05, 0.1) is 0 Å². The first kappa shape index (κ1) is 29.1. The molecule has 0 spiro atoms. The lowest BCUT2D eigenvalue weighted by Gasteiger charge is -2.12. The number of allylic oxidation sites excluding steroid dienone is 2. The highest BCUT2D eigenvalue weighted by Crippen LogP contribution is 2.19. The second kappa shape index (κ2) is 20.1. The summed E-state index contributed by atoms with van der Waals surface area (Å²) in [7, 11) is 0. The Morgan fingerprint density at radius 3 is 1.29 bits per heavy atom. The lowest BCUT2D eigenvalue weighted by molar-refractivity contribution is 0.125. The van der Waals surface area contributed by atoms with E-state index in [2.05, 4.69) is 86.0 Å². The smallest absolute Gasteiger partial charge is 0.0466 e. The summed E-state index contributed by atoms with van der Waals surface area (Å²) in [6, 6.07) is 21.6. The highest BCUT2D eigenvalue weighted by atomic mass is 16.5. The van der Waals surface area contributed by atoms with Crippen molar-refractivity contribution in [3.05, 3.63) is 97.1 Å². The molecular weight excluding hydrogens is 424 g/mol. The van der Waals surface area contributed by atoms with Gasteiger partial charge in [-0.25, -0.2) is 0 Å². The van der Waals surface area contributed by atoms with Gasteiger partial charge in [0, 0.05) is 13.2 Å². The van der Waals surface area contributed by atoms with E-state index < -0.39 is 0 Å². The number of benzene rings is 2. The Bertz CT molecular complexity index is 685. The zero-order valence-electron chi connectivity index (χ0n) is 22.2. The van der Waals surface area contributed by atoms with Crippen molar-refractivity contribution in [2.24, 2.45) is 11.8 Å². The van der Waals surface area contributed by atoms with Gasteiger partial charge in [0.1, 0.15) is 0 Å². The molecule has 0 fully saturated rings. The second-order valence-corrected chi connectivity index (χ2v) is 10.1. The first-order chi connectivity index (χ1) is 17.3. The Labute approximate surface area is 216 Å². The highest BCUT2D eigenvalue weighted by molar-refractivity contribution is 5.16. The van der Waals surface area contributed by atoms with Gasteiger partial charge in [-0.05, 0) is 61.5 Å². The fourth-order valence-electron chi connectivity index (χ4n) is 4.82. The molecule has 2 aromatic rings. The normalized spacial score (nSPS) is 12.8. The molecule has 1 nitrogen and oxygen atoms in total. The van der Waals surface area contributed by atoms with Crippen LogP contribution in [0.2, 0.25) is 0 Å². The van der Waals surface area contributed by atoms with Crippen LogP contribution in [0.3, 0.4) is 0 Å². The van der Waals surface area contributed by atoms with Crippen LogP contribution < -0.4 is 0 Å². The van der Waals surface area contributed by atoms with E-state index in [0.29, 0.717) is 11.8 Å². The van der Waals surface area contributed by atoms with E-state index in [1.165, 1.54) is 88.2 Å². The van der Waals surface area contributed by atoms with E-state index in [9.17, 15) is 0 Å². The van der Waals surface area contributed by atoms with Crippen molar-refractivity contribution in [2.45, 2.75) is 89.9 Å². The lowest BCUT2D eigenvalue weighted by Crippen LogP contribution is -2.01. The third kappa shape index (κ3) is 14.8. The standard InChI is InChI=1S/C34H50O/c1-3-31(29-33-23-15-11-16-24-33)21-13-7-5-9-19-27-35-28-20-10-6-8-14-22-32(4-2)30-34-25-17-12-18-26-34/h3-4,11-12,15-18,23-26,31-32H,1-2,5-10,13-14,19-22,27-30H2. The van der Waals surface area contributed by atoms with Crippen LogP contribution in [0.5, 0.6) is 0 Å². The molecule has 0 saturated carbocycles. The van der Waals surface area contributed by atoms with Crippen molar-refractivity contribution in [2.75, 3.05) is 13.2 Å². The van der Waals surface area contributed by atoms with E-state index in [0.717, 1.165) is 26.1 Å². The van der Waals surface area contributed by atoms with Gasteiger partial charge in [-0.3, -0.25) is 0 Å². The molecule has 192 valence electrons. The van der Waals surface area contributed by atoms with Gasteiger partial charge < -0.3 is 4.74 Å². The topological polar surface area (TPSA) is 9.23 Å². The molecular formula is C34H50O. The highest BCUT2D eigenvalue weighted by Gasteiger charge is 2.06. The largest absolute Gasteiger partial charge is 0.381 e. The quantitative estimate of drug-likeness (QED) is 0.122. The average Bonchev–Trinajstić information content (AvgIpc) is 2.90. The molecule has 1 heteroatoms. The summed E-state index contributed by atoms with van der Waals surface area (Å²) in [5.74, 6) is 1.22. The van der Waals surface area contributed by atoms with E-state index >= 15 is 0 Å². The predicted molar refractivity (Wildman–Crippen MR) is 154 cm³/mol. The third-order valence-electron chi connectivity index (χ3n) is 7.08. The molecule has 0 radical (unpaired) electrons. The van der Waals surface area contributed by atoms with E-state index in [1.807, 2.05) is 0 Å². The Hall–Kier alpha value is -2.12. The number of unbranched alkanes of at least 4 members (excludes halogenated alkanes) is 8. The summed E-state index contributed by atoms with van der Waals surface area (Å²) in [6.45, 7) is 9.96. The van der Waals surface area contributed by atoms with E-state index in [-0.39, 0.29) is 0 Å². The molecule has 2 rings (SSSR count). The van der Waals surface area contributed by atoms with Crippen molar-refractivity contribution in [3.63, 3.8) is 0 Å². The second-order valence-electron chi connectivity index (χ2n) is 10.1. The van der Waals surface area contributed by atoms with Crippen molar-refractivity contribution in [1.82, 2.24) is 0 Å². The minimum absolute atomic E-state index is 0.610. The van der Waals surface area contributed by atoms with Crippen LogP contribution in [0, 0.1) is 11.8 Å². The van der Waals surface area contributed by atoms with E-state index in [1.54, 1.807) is 0 Å². The van der Waals surface area contributed by atoms with Crippen LogP contribution in [0.4, 0.5) is 0 Å². The van der Waals surface area contributed by atoms with E-state index in [4.69, 9.17) is 4.74 Å². The Morgan fingerprint density at radius 2 is 0.886 bits per heavy atom. The molecule has 0 bridgehead atoms. The number of hydrogen-bond acceptors (Lipinski definition) is 1. The summed E-state index contributed by atoms with van der Waals surface area (Å²) in [5.41, 5.74) is 2.85. The lowest BCUT2D eigenvalue weighted by atomic mass is 9.93. The van der Waals surface area contributed by atoms with Crippen molar-refractivity contribution < 1.29 is 4.74 Å². The minimum atomic E-state index is 0.610. The van der Waals surface area contributed by atoms with Crippen LogP contribution >= 0.6 is 0 Å². The van der Waals surface area contributed by atoms with Crippen LogP contribution in [0.15, 0.2) is 86.0 Å². The first-order valence-electron chi connectivity index (χ1n) is 14.2. The van der Waals surface area contributed by atoms with Gasteiger partial charge in [-0.1, -0.05) is 124 Å². The molecule has 0 aliphatic rings. The molecule has 0 aliphatic heterocycles. The van der Waals surface area contributed by atoms with Gasteiger partial charge in [-0.2, -0.15) is 0 Å². The number of ether oxygens (including phenoxy) is 1. The van der Waals surface area contributed by atoms with Crippen LogP contribution in [-0.4, -0.2) is 13.2 Å². The Balaban J connectivity index is 1.33. The molecule has 2 unspecified atom stereocenters. The first-order valence-corrected chi connectivity index (χ1v) is 14.2. The van der Waals surface area contributed by atoms with Gasteiger partial charge in [0.2, 0.25) is 0 Å². The predicted octanol–water partition coefficient (Wildman–Crippen LogP) is 9.77. The van der Waals surface area contributed by atoms with Crippen LogP contribution in [-0.2, 0) is 17.6 Å². The molecule has 0 heterocycles. The Kier molecular flexibility index (Phi) is 16.7. The molecule has 0 amide bonds. The summed E-state index contributed by atoms with van der Waals surface area (Å²) in [4.78, 5) is 0. The van der Waals surface area contributed by atoms with Crippen LogP contribution in [0.25, 0.3) is 0 Å². The molecule has 0 aliphatic carbocycles. The monoisotopic (exact) mass is 474 g/mol. The molecule has 0 aromatic heterocycles. The zero-order chi connectivity index (χ0) is 24.8. The maximum Gasteiger partial charge on any atom is 0.0466 e. The zero-order valence-corrected chi connectivity index (χ0v) is 22.2. The fourth-order valence-corrected chi connectivity index (χ4v) is 4.82. The SMILES string of the molecule is C=CC(CCCCCCCOCCCCCCCC(C=C)Cc1ccccc1)Cc1ccccc1. The summed E-state index contributed by atoms with van der Waals surface area (Å²) in [6.07, 6.45) is 22.0. The van der Waals surface area contributed by atoms with Gasteiger partial charge in [0.25, 0.3) is 0 Å². The van der Waals surface area contributed by atoms with Gasteiger partial charge in [0.15, 0.2) is 0 Å². The summed E-state index contributed by atoms with van der Waals surface area (Å²) >= 11 is 0. The number of rotatable bonds is 22. The fraction of sp³-hybridized carbons (Fsp3) is 0.529. The molecule has 0 N–H and O–H groups in total. The minimum Gasteiger partial charge on any atom is -0.381 e. The molecule has 35 heavy (non-hydrogen) atoms. The molecule has 2 atom stereocenters. The Morgan fingerprint density at radius 1 is 0.514 bits per heavy atom. The molecule has 2 aromatic carbocycles. The van der Waals surface area contributed by atoms with Gasteiger partial charge in [-0.15, -0.1) is 13.2 Å². The van der Waals surface area contributed by atoms with Crippen molar-refractivity contribution in [3.8, 4) is 0 Å². The number of hydrogen-bond donors (Lipinski definition) is 0. The van der Waals surface area contributed by atoms with Gasteiger partial charge >= 0.3 is 0 Å². The van der Waals surface area contributed by atoms with Crippen LogP contribution in [0.1, 0.15) is 88.2 Å². The molecule has 0 saturated heterocycles. The summed E-state index contributed by atoms with van der Waals surface area (Å²) in [5, 5.41) is 0. The maximum atomic E-state index is 5.86.